The number of carbonyl (C=O) groups is 1. The van der Waals surface area contributed by atoms with Gasteiger partial charge in [0.15, 0.2) is 0 Å². The Kier molecular flexibility index (Phi) is 4.36. The summed E-state index contributed by atoms with van der Waals surface area (Å²) in [5.41, 5.74) is 2.46. The summed E-state index contributed by atoms with van der Waals surface area (Å²) in [6.07, 6.45) is 7.30. The van der Waals surface area contributed by atoms with E-state index < -0.39 is 0 Å². The predicted octanol–water partition coefficient (Wildman–Crippen LogP) is 2.84. The Hall–Kier alpha value is -1.35. The minimum absolute atomic E-state index is 0.277. The molecule has 1 aromatic carbocycles. The third-order valence-electron chi connectivity index (χ3n) is 4.47. The van der Waals surface area contributed by atoms with Gasteiger partial charge in [0, 0.05) is 12.2 Å². The average Bonchev–Trinajstić information content (AvgIpc) is 2.75. The second-order valence-corrected chi connectivity index (χ2v) is 5.97. The Balaban J connectivity index is 1.68. The van der Waals surface area contributed by atoms with Gasteiger partial charge in [-0.25, -0.2) is 0 Å². The second kappa shape index (κ2) is 6.40. The topological polar surface area (TPSA) is 23.6 Å². The zero-order chi connectivity index (χ0) is 13.8. The van der Waals surface area contributed by atoms with E-state index in [1.54, 1.807) is 0 Å². The highest BCUT2D eigenvalue weighted by Crippen LogP contribution is 2.26. The molecule has 1 amide bonds. The molecule has 0 spiro atoms. The van der Waals surface area contributed by atoms with Gasteiger partial charge in [0.2, 0.25) is 5.91 Å². The van der Waals surface area contributed by atoms with E-state index in [9.17, 15) is 4.79 Å². The van der Waals surface area contributed by atoms with Gasteiger partial charge in [-0.1, -0.05) is 31.0 Å². The number of likely N-dealkylation sites (tertiary alicyclic amines) is 1. The van der Waals surface area contributed by atoms with Crippen molar-refractivity contribution in [1.29, 1.82) is 0 Å². The highest BCUT2D eigenvalue weighted by molar-refractivity contribution is 5.95. The molecule has 0 aromatic heterocycles. The summed E-state index contributed by atoms with van der Waals surface area (Å²) in [5.74, 6) is 0.277. The summed E-state index contributed by atoms with van der Waals surface area (Å²) < 4.78 is 0. The van der Waals surface area contributed by atoms with Crippen molar-refractivity contribution in [2.75, 3.05) is 31.1 Å². The molecule has 0 radical (unpaired) electrons. The number of benzene rings is 1. The molecule has 2 aliphatic heterocycles. The standard InChI is InChI=1S/C17H24N2O/c20-17(14-18-11-5-1-2-6-12-18)19-13-7-9-15-8-3-4-10-16(15)19/h3-4,8,10H,1-2,5-7,9,11-14H2. The molecule has 3 rings (SSSR count). The summed E-state index contributed by atoms with van der Waals surface area (Å²) in [6, 6.07) is 8.35. The van der Waals surface area contributed by atoms with Gasteiger partial charge in [0.25, 0.3) is 0 Å². The van der Waals surface area contributed by atoms with Crippen LogP contribution < -0.4 is 4.90 Å². The van der Waals surface area contributed by atoms with Crippen molar-refractivity contribution in [2.24, 2.45) is 0 Å². The first-order chi connectivity index (χ1) is 9.84. The molecule has 0 bridgehead atoms. The molecule has 1 saturated heterocycles. The maximum atomic E-state index is 12.6. The Morgan fingerprint density at radius 1 is 0.950 bits per heavy atom. The first-order valence-corrected chi connectivity index (χ1v) is 7.95. The van der Waals surface area contributed by atoms with Crippen molar-refractivity contribution in [3.8, 4) is 0 Å². The van der Waals surface area contributed by atoms with E-state index in [4.69, 9.17) is 0 Å². The Bertz CT molecular complexity index is 464. The maximum absolute atomic E-state index is 12.6. The lowest BCUT2D eigenvalue weighted by atomic mass is 10.0. The van der Waals surface area contributed by atoms with Crippen molar-refractivity contribution in [3.05, 3.63) is 29.8 Å². The molecule has 0 atom stereocenters. The van der Waals surface area contributed by atoms with Gasteiger partial charge >= 0.3 is 0 Å². The normalized spacial score (nSPS) is 20.3. The van der Waals surface area contributed by atoms with E-state index in [2.05, 4.69) is 23.1 Å². The molecule has 0 aliphatic carbocycles. The Morgan fingerprint density at radius 3 is 2.50 bits per heavy atom. The van der Waals surface area contributed by atoms with Gasteiger partial charge in [-0.05, 0) is 50.4 Å². The van der Waals surface area contributed by atoms with Crippen LogP contribution in [-0.2, 0) is 11.2 Å². The second-order valence-electron chi connectivity index (χ2n) is 5.97. The van der Waals surface area contributed by atoms with Crippen LogP contribution in [0.4, 0.5) is 5.69 Å². The number of fused-ring (bicyclic) bond motifs is 1. The highest BCUT2D eigenvalue weighted by atomic mass is 16.2. The molecule has 2 heterocycles. The van der Waals surface area contributed by atoms with E-state index in [-0.39, 0.29) is 5.91 Å². The zero-order valence-corrected chi connectivity index (χ0v) is 12.2. The van der Waals surface area contributed by atoms with Crippen molar-refractivity contribution in [2.45, 2.75) is 38.5 Å². The lowest BCUT2D eigenvalue weighted by molar-refractivity contribution is -0.119. The van der Waals surface area contributed by atoms with E-state index in [1.165, 1.54) is 31.2 Å². The third-order valence-corrected chi connectivity index (χ3v) is 4.47. The monoisotopic (exact) mass is 272 g/mol. The van der Waals surface area contributed by atoms with Crippen LogP contribution in [0.1, 0.15) is 37.7 Å². The van der Waals surface area contributed by atoms with Crippen LogP contribution in [0.25, 0.3) is 0 Å². The van der Waals surface area contributed by atoms with Gasteiger partial charge < -0.3 is 4.90 Å². The number of para-hydroxylation sites is 1. The van der Waals surface area contributed by atoms with Crippen LogP contribution in [0.5, 0.6) is 0 Å². The number of amides is 1. The van der Waals surface area contributed by atoms with Crippen LogP contribution in [0.2, 0.25) is 0 Å². The quantitative estimate of drug-likeness (QED) is 0.826. The maximum Gasteiger partial charge on any atom is 0.241 e. The Labute approximate surface area is 121 Å². The van der Waals surface area contributed by atoms with Crippen LogP contribution in [0.15, 0.2) is 24.3 Å². The van der Waals surface area contributed by atoms with Crippen molar-refractivity contribution in [3.63, 3.8) is 0 Å². The number of hydrogen-bond acceptors (Lipinski definition) is 2. The van der Waals surface area contributed by atoms with E-state index >= 15 is 0 Å². The smallest absolute Gasteiger partial charge is 0.241 e. The van der Waals surface area contributed by atoms with Gasteiger partial charge in [-0.15, -0.1) is 0 Å². The molecule has 1 aromatic rings. The molecule has 0 unspecified atom stereocenters. The van der Waals surface area contributed by atoms with Crippen molar-refractivity contribution < 1.29 is 4.79 Å². The number of carbonyl (C=O) groups excluding carboxylic acids is 1. The van der Waals surface area contributed by atoms with Gasteiger partial charge in [-0.3, -0.25) is 9.69 Å². The molecular weight excluding hydrogens is 248 g/mol. The molecule has 108 valence electrons. The van der Waals surface area contributed by atoms with E-state index in [0.717, 1.165) is 38.2 Å². The van der Waals surface area contributed by atoms with Crippen LogP contribution in [0.3, 0.4) is 0 Å². The van der Waals surface area contributed by atoms with E-state index in [1.807, 2.05) is 11.0 Å². The number of anilines is 1. The summed E-state index contributed by atoms with van der Waals surface area (Å²) >= 11 is 0. The molecule has 3 heteroatoms. The minimum atomic E-state index is 0.277. The van der Waals surface area contributed by atoms with Gasteiger partial charge in [0.1, 0.15) is 0 Å². The average molecular weight is 272 g/mol. The van der Waals surface area contributed by atoms with Crippen LogP contribution >= 0.6 is 0 Å². The number of aryl methyl sites for hydroxylation is 1. The third kappa shape index (κ3) is 3.04. The van der Waals surface area contributed by atoms with Crippen molar-refractivity contribution in [1.82, 2.24) is 4.90 Å². The lowest BCUT2D eigenvalue weighted by Crippen LogP contribution is -2.43. The largest absolute Gasteiger partial charge is 0.311 e. The number of hydrogen-bond donors (Lipinski definition) is 0. The molecular formula is C17H24N2O. The molecule has 3 nitrogen and oxygen atoms in total. The number of rotatable bonds is 2. The number of nitrogens with zero attached hydrogens (tertiary/aromatic N) is 2. The summed E-state index contributed by atoms with van der Waals surface area (Å²) in [6.45, 7) is 3.64. The first kappa shape index (κ1) is 13.6. The molecule has 0 N–H and O–H groups in total. The fourth-order valence-electron chi connectivity index (χ4n) is 3.36. The van der Waals surface area contributed by atoms with E-state index in [0.29, 0.717) is 6.54 Å². The van der Waals surface area contributed by atoms with Crippen LogP contribution in [0, 0.1) is 0 Å². The summed E-state index contributed by atoms with van der Waals surface area (Å²) in [4.78, 5) is 17.0. The SMILES string of the molecule is O=C(CN1CCCCCC1)N1CCCc2ccccc21. The fraction of sp³-hybridized carbons (Fsp3) is 0.588. The molecule has 1 fully saturated rings. The van der Waals surface area contributed by atoms with Gasteiger partial charge in [-0.2, -0.15) is 0 Å². The summed E-state index contributed by atoms with van der Waals surface area (Å²) in [7, 11) is 0. The molecule has 20 heavy (non-hydrogen) atoms. The minimum Gasteiger partial charge on any atom is -0.311 e. The molecule has 0 saturated carbocycles. The zero-order valence-electron chi connectivity index (χ0n) is 12.2. The summed E-state index contributed by atoms with van der Waals surface area (Å²) in [5, 5.41) is 0. The van der Waals surface area contributed by atoms with Gasteiger partial charge in [0.05, 0.1) is 6.54 Å². The van der Waals surface area contributed by atoms with Crippen molar-refractivity contribution >= 4 is 11.6 Å². The van der Waals surface area contributed by atoms with Crippen LogP contribution in [-0.4, -0.2) is 37.0 Å². The predicted molar refractivity (Wildman–Crippen MR) is 82.0 cm³/mol. The Morgan fingerprint density at radius 2 is 1.70 bits per heavy atom. The lowest BCUT2D eigenvalue weighted by Gasteiger charge is -2.31. The molecule has 2 aliphatic rings. The first-order valence-electron chi connectivity index (χ1n) is 7.95. The highest BCUT2D eigenvalue weighted by Gasteiger charge is 2.23. The fourth-order valence-corrected chi connectivity index (χ4v) is 3.36.